The molecule has 2 heterocycles. The summed E-state index contributed by atoms with van der Waals surface area (Å²) in [7, 11) is 1.56. The number of rotatable bonds is 2. The second-order valence-electron chi connectivity index (χ2n) is 3.65. The van der Waals surface area contributed by atoms with E-state index in [4.69, 9.17) is 21.1 Å². The highest BCUT2D eigenvalue weighted by Gasteiger charge is 2.21. The highest BCUT2D eigenvalue weighted by atomic mass is 35.5. The van der Waals surface area contributed by atoms with Crippen molar-refractivity contribution in [2.75, 3.05) is 31.8 Å². The summed E-state index contributed by atoms with van der Waals surface area (Å²) in [5.41, 5.74) is 0. The zero-order valence-electron chi connectivity index (χ0n) is 9.31. The summed E-state index contributed by atoms with van der Waals surface area (Å²) < 4.78 is 10.4. The molecule has 1 aromatic heterocycles. The SMILES string of the molecule is COc1cc(N2CCOC[C@@H]2C)nc(Cl)n1. The van der Waals surface area contributed by atoms with Crippen LogP contribution >= 0.6 is 11.6 Å². The summed E-state index contributed by atoms with van der Waals surface area (Å²) in [6.45, 7) is 4.29. The molecular weight excluding hydrogens is 230 g/mol. The summed E-state index contributed by atoms with van der Waals surface area (Å²) in [6, 6.07) is 2.07. The molecule has 6 heteroatoms. The van der Waals surface area contributed by atoms with E-state index in [0.717, 1.165) is 12.4 Å². The first-order chi connectivity index (χ1) is 7.70. The van der Waals surface area contributed by atoms with Gasteiger partial charge in [0.05, 0.1) is 26.4 Å². The third-order valence-corrected chi connectivity index (χ3v) is 2.70. The van der Waals surface area contributed by atoms with E-state index in [1.807, 2.05) is 0 Å². The molecule has 1 fully saturated rings. The van der Waals surface area contributed by atoms with Gasteiger partial charge in [0.25, 0.3) is 0 Å². The van der Waals surface area contributed by atoms with E-state index >= 15 is 0 Å². The number of ether oxygens (including phenoxy) is 2. The quantitative estimate of drug-likeness (QED) is 0.734. The van der Waals surface area contributed by atoms with Gasteiger partial charge in [0.1, 0.15) is 5.82 Å². The molecule has 16 heavy (non-hydrogen) atoms. The monoisotopic (exact) mass is 243 g/mol. The molecule has 2 rings (SSSR count). The zero-order chi connectivity index (χ0) is 11.5. The van der Waals surface area contributed by atoms with Crippen molar-refractivity contribution in [3.63, 3.8) is 0 Å². The normalized spacial score (nSPS) is 20.9. The standard InChI is InChI=1S/C10H14ClN3O2/c1-7-6-16-4-3-14(7)8-5-9(15-2)13-10(11)12-8/h5,7H,3-4,6H2,1-2H3/t7-/m0/s1. The lowest BCUT2D eigenvalue weighted by Gasteiger charge is -2.34. The van der Waals surface area contributed by atoms with Crippen LogP contribution in [0.3, 0.4) is 0 Å². The van der Waals surface area contributed by atoms with Crippen LogP contribution in [0.5, 0.6) is 5.88 Å². The number of morpholine rings is 1. The smallest absolute Gasteiger partial charge is 0.227 e. The summed E-state index contributed by atoms with van der Waals surface area (Å²) in [4.78, 5) is 10.3. The second kappa shape index (κ2) is 4.84. The van der Waals surface area contributed by atoms with E-state index in [0.29, 0.717) is 19.1 Å². The molecule has 5 nitrogen and oxygen atoms in total. The second-order valence-corrected chi connectivity index (χ2v) is 3.99. The van der Waals surface area contributed by atoms with E-state index in [9.17, 15) is 0 Å². The van der Waals surface area contributed by atoms with Crippen LogP contribution in [0.25, 0.3) is 0 Å². The molecule has 88 valence electrons. The van der Waals surface area contributed by atoms with E-state index < -0.39 is 0 Å². The van der Waals surface area contributed by atoms with Gasteiger partial charge in [0.15, 0.2) is 0 Å². The van der Waals surface area contributed by atoms with Crippen molar-refractivity contribution >= 4 is 17.4 Å². The maximum absolute atomic E-state index is 5.84. The average Bonchev–Trinajstić information content (AvgIpc) is 2.28. The summed E-state index contributed by atoms with van der Waals surface area (Å²) in [5.74, 6) is 1.27. The van der Waals surface area contributed by atoms with Gasteiger partial charge in [-0.05, 0) is 18.5 Å². The molecular formula is C10H14ClN3O2. The van der Waals surface area contributed by atoms with Gasteiger partial charge in [0, 0.05) is 12.6 Å². The number of nitrogens with zero attached hydrogens (tertiary/aromatic N) is 3. The summed E-state index contributed by atoms with van der Waals surface area (Å²) in [5, 5.41) is 0.202. The van der Waals surface area contributed by atoms with Gasteiger partial charge in [-0.3, -0.25) is 0 Å². The number of halogens is 1. The molecule has 1 aliphatic heterocycles. The first-order valence-electron chi connectivity index (χ1n) is 5.13. The highest BCUT2D eigenvalue weighted by Crippen LogP contribution is 2.22. The van der Waals surface area contributed by atoms with Gasteiger partial charge < -0.3 is 14.4 Å². The van der Waals surface area contributed by atoms with Crippen LogP contribution in [0.15, 0.2) is 6.07 Å². The number of hydrogen-bond donors (Lipinski definition) is 0. The van der Waals surface area contributed by atoms with Gasteiger partial charge in [-0.2, -0.15) is 4.98 Å². The van der Waals surface area contributed by atoms with E-state index in [1.54, 1.807) is 13.2 Å². The van der Waals surface area contributed by atoms with Crippen LogP contribution < -0.4 is 9.64 Å². The number of hydrogen-bond acceptors (Lipinski definition) is 5. The van der Waals surface area contributed by atoms with Crippen molar-refractivity contribution in [3.05, 3.63) is 11.3 Å². The summed E-state index contributed by atoms with van der Waals surface area (Å²) in [6.07, 6.45) is 0. The Kier molecular flexibility index (Phi) is 3.46. The molecule has 0 bridgehead atoms. The lowest BCUT2D eigenvalue weighted by atomic mass is 10.2. The topological polar surface area (TPSA) is 47.5 Å². The Labute approximate surface area is 99.3 Å². The third-order valence-electron chi connectivity index (χ3n) is 2.53. The third kappa shape index (κ3) is 2.36. The van der Waals surface area contributed by atoms with Crippen LogP contribution in [-0.4, -0.2) is 42.9 Å². The highest BCUT2D eigenvalue weighted by molar-refractivity contribution is 6.28. The van der Waals surface area contributed by atoms with Gasteiger partial charge in [-0.25, -0.2) is 4.98 Å². The molecule has 0 radical (unpaired) electrons. The first-order valence-corrected chi connectivity index (χ1v) is 5.51. The maximum Gasteiger partial charge on any atom is 0.227 e. The molecule has 0 spiro atoms. The molecule has 0 amide bonds. The van der Waals surface area contributed by atoms with Crippen molar-refractivity contribution in [3.8, 4) is 5.88 Å². The van der Waals surface area contributed by atoms with Crippen LogP contribution in [0.4, 0.5) is 5.82 Å². The maximum atomic E-state index is 5.84. The molecule has 0 aliphatic carbocycles. The van der Waals surface area contributed by atoms with Crippen LogP contribution in [-0.2, 0) is 4.74 Å². The molecule has 1 aliphatic rings. The molecule has 0 unspecified atom stereocenters. The zero-order valence-corrected chi connectivity index (χ0v) is 10.1. The minimum Gasteiger partial charge on any atom is -0.481 e. The van der Waals surface area contributed by atoms with Gasteiger partial charge in [0.2, 0.25) is 11.2 Å². The van der Waals surface area contributed by atoms with Gasteiger partial charge in [-0.1, -0.05) is 0 Å². The first kappa shape index (κ1) is 11.4. The average molecular weight is 244 g/mol. The number of methoxy groups -OCH3 is 1. The Morgan fingerprint density at radius 1 is 1.56 bits per heavy atom. The van der Waals surface area contributed by atoms with E-state index in [1.165, 1.54) is 0 Å². The fourth-order valence-electron chi connectivity index (χ4n) is 1.70. The van der Waals surface area contributed by atoms with Crippen molar-refractivity contribution in [2.24, 2.45) is 0 Å². The Morgan fingerprint density at radius 2 is 2.38 bits per heavy atom. The molecule has 0 aromatic carbocycles. The summed E-state index contributed by atoms with van der Waals surface area (Å²) >= 11 is 5.84. The van der Waals surface area contributed by atoms with Crippen LogP contribution in [0.1, 0.15) is 6.92 Å². The fraction of sp³-hybridized carbons (Fsp3) is 0.600. The number of aromatic nitrogens is 2. The predicted molar refractivity (Wildman–Crippen MR) is 61.2 cm³/mol. The van der Waals surface area contributed by atoms with Gasteiger partial charge >= 0.3 is 0 Å². The molecule has 0 saturated carbocycles. The van der Waals surface area contributed by atoms with Crippen LogP contribution in [0, 0.1) is 0 Å². The van der Waals surface area contributed by atoms with Crippen molar-refractivity contribution in [1.82, 2.24) is 9.97 Å². The van der Waals surface area contributed by atoms with Crippen molar-refractivity contribution < 1.29 is 9.47 Å². The van der Waals surface area contributed by atoms with Gasteiger partial charge in [-0.15, -0.1) is 0 Å². The Hall–Kier alpha value is -1.07. The molecule has 0 N–H and O–H groups in total. The Balaban J connectivity index is 2.27. The fourth-order valence-corrected chi connectivity index (χ4v) is 1.87. The lowest BCUT2D eigenvalue weighted by molar-refractivity contribution is 0.0985. The number of anilines is 1. The lowest BCUT2D eigenvalue weighted by Crippen LogP contribution is -2.44. The minimum absolute atomic E-state index is 0.202. The predicted octanol–water partition coefficient (Wildman–Crippen LogP) is 1.36. The largest absolute Gasteiger partial charge is 0.481 e. The van der Waals surface area contributed by atoms with Crippen molar-refractivity contribution in [1.29, 1.82) is 0 Å². The van der Waals surface area contributed by atoms with Crippen LogP contribution in [0.2, 0.25) is 5.28 Å². The van der Waals surface area contributed by atoms with E-state index in [2.05, 4.69) is 21.8 Å². The molecule has 1 aromatic rings. The molecule has 1 atom stereocenters. The Bertz CT molecular complexity index is 375. The Morgan fingerprint density at radius 3 is 3.06 bits per heavy atom. The van der Waals surface area contributed by atoms with E-state index in [-0.39, 0.29) is 11.3 Å². The van der Waals surface area contributed by atoms with Crippen molar-refractivity contribution in [2.45, 2.75) is 13.0 Å². The molecule has 1 saturated heterocycles. The minimum atomic E-state index is 0.202.